The first-order chi connectivity index (χ1) is 10.2. The number of nitrogens with zero attached hydrogens (tertiary/aromatic N) is 2. The SMILES string of the molecule is O=C(NCCc1ncc[nH]1)C1CCN(C(=O)C2CC2)CC1. The van der Waals surface area contributed by atoms with Crippen LogP contribution < -0.4 is 5.32 Å². The van der Waals surface area contributed by atoms with Gasteiger partial charge in [0, 0.05) is 50.3 Å². The largest absolute Gasteiger partial charge is 0.355 e. The van der Waals surface area contributed by atoms with Gasteiger partial charge in [-0.1, -0.05) is 0 Å². The van der Waals surface area contributed by atoms with Crippen LogP contribution in [-0.4, -0.2) is 46.3 Å². The van der Waals surface area contributed by atoms with E-state index in [0.29, 0.717) is 12.5 Å². The maximum atomic E-state index is 12.1. The zero-order chi connectivity index (χ0) is 14.7. The highest BCUT2D eigenvalue weighted by Crippen LogP contribution is 2.32. The van der Waals surface area contributed by atoms with Gasteiger partial charge in [-0.3, -0.25) is 9.59 Å². The molecule has 6 heteroatoms. The third-order valence-corrected chi connectivity index (χ3v) is 4.32. The predicted octanol–water partition coefficient (Wildman–Crippen LogP) is 0.717. The van der Waals surface area contributed by atoms with Crippen LogP contribution in [0.4, 0.5) is 0 Å². The van der Waals surface area contributed by atoms with Gasteiger partial charge in [-0.15, -0.1) is 0 Å². The number of rotatable bonds is 5. The fourth-order valence-electron chi connectivity index (χ4n) is 2.83. The number of carbonyl (C=O) groups is 2. The summed E-state index contributed by atoms with van der Waals surface area (Å²) in [6.07, 6.45) is 7.87. The number of imidazole rings is 1. The quantitative estimate of drug-likeness (QED) is 0.838. The number of hydrogen-bond donors (Lipinski definition) is 2. The van der Waals surface area contributed by atoms with Crippen LogP contribution in [0.3, 0.4) is 0 Å². The molecule has 2 N–H and O–H groups in total. The molecule has 1 aromatic heterocycles. The molecular weight excluding hydrogens is 268 g/mol. The van der Waals surface area contributed by atoms with Crippen LogP contribution in [0.15, 0.2) is 12.4 Å². The summed E-state index contributed by atoms with van der Waals surface area (Å²) < 4.78 is 0. The highest BCUT2D eigenvalue weighted by atomic mass is 16.2. The van der Waals surface area contributed by atoms with Gasteiger partial charge in [0.25, 0.3) is 0 Å². The zero-order valence-corrected chi connectivity index (χ0v) is 12.2. The average molecular weight is 290 g/mol. The van der Waals surface area contributed by atoms with Crippen molar-refractivity contribution in [2.24, 2.45) is 11.8 Å². The molecule has 3 rings (SSSR count). The van der Waals surface area contributed by atoms with Crippen molar-refractivity contribution in [2.45, 2.75) is 32.1 Å². The number of H-pyrrole nitrogens is 1. The van der Waals surface area contributed by atoms with E-state index in [-0.39, 0.29) is 17.7 Å². The topological polar surface area (TPSA) is 78.1 Å². The molecule has 2 amide bonds. The van der Waals surface area contributed by atoms with E-state index in [4.69, 9.17) is 0 Å². The predicted molar refractivity (Wildman–Crippen MR) is 77.3 cm³/mol. The second kappa shape index (κ2) is 6.28. The summed E-state index contributed by atoms with van der Waals surface area (Å²) in [5.74, 6) is 1.63. The van der Waals surface area contributed by atoms with E-state index in [1.54, 1.807) is 12.4 Å². The summed E-state index contributed by atoms with van der Waals surface area (Å²) in [7, 11) is 0. The molecule has 0 unspecified atom stereocenters. The van der Waals surface area contributed by atoms with Gasteiger partial charge in [0.15, 0.2) is 0 Å². The molecule has 2 fully saturated rings. The number of hydrogen-bond acceptors (Lipinski definition) is 3. The second-order valence-electron chi connectivity index (χ2n) is 5.95. The lowest BCUT2D eigenvalue weighted by molar-refractivity contribution is -0.136. The molecule has 2 heterocycles. The highest BCUT2D eigenvalue weighted by Gasteiger charge is 2.35. The van der Waals surface area contributed by atoms with Crippen LogP contribution in [0.2, 0.25) is 0 Å². The summed E-state index contributed by atoms with van der Waals surface area (Å²) in [6.45, 7) is 2.06. The van der Waals surface area contributed by atoms with Crippen molar-refractivity contribution >= 4 is 11.8 Å². The third kappa shape index (κ3) is 3.62. The van der Waals surface area contributed by atoms with Gasteiger partial charge in [0.05, 0.1) is 0 Å². The number of likely N-dealkylation sites (tertiary alicyclic amines) is 1. The van der Waals surface area contributed by atoms with Crippen molar-refractivity contribution in [3.05, 3.63) is 18.2 Å². The van der Waals surface area contributed by atoms with Gasteiger partial charge in [-0.25, -0.2) is 4.98 Å². The second-order valence-corrected chi connectivity index (χ2v) is 5.95. The van der Waals surface area contributed by atoms with Gasteiger partial charge in [0.2, 0.25) is 11.8 Å². The van der Waals surface area contributed by atoms with Gasteiger partial charge >= 0.3 is 0 Å². The molecule has 0 atom stereocenters. The van der Waals surface area contributed by atoms with Crippen molar-refractivity contribution in [3.8, 4) is 0 Å². The van der Waals surface area contributed by atoms with Crippen molar-refractivity contribution < 1.29 is 9.59 Å². The smallest absolute Gasteiger partial charge is 0.225 e. The van der Waals surface area contributed by atoms with E-state index >= 15 is 0 Å². The number of carbonyl (C=O) groups excluding carboxylic acids is 2. The minimum Gasteiger partial charge on any atom is -0.355 e. The Hall–Kier alpha value is -1.85. The maximum absolute atomic E-state index is 12.1. The summed E-state index contributed by atoms with van der Waals surface area (Å²) in [5, 5.41) is 2.97. The lowest BCUT2D eigenvalue weighted by Gasteiger charge is -2.31. The Kier molecular flexibility index (Phi) is 4.22. The molecule has 2 aliphatic rings. The van der Waals surface area contributed by atoms with E-state index in [2.05, 4.69) is 15.3 Å². The van der Waals surface area contributed by atoms with Gasteiger partial charge in [-0.05, 0) is 25.7 Å². The van der Waals surface area contributed by atoms with Crippen LogP contribution >= 0.6 is 0 Å². The summed E-state index contributed by atoms with van der Waals surface area (Å²) >= 11 is 0. The lowest BCUT2D eigenvalue weighted by Crippen LogP contribution is -2.43. The van der Waals surface area contributed by atoms with Gasteiger partial charge in [0.1, 0.15) is 5.82 Å². The zero-order valence-electron chi connectivity index (χ0n) is 12.2. The monoisotopic (exact) mass is 290 g/mol. The van der Waals surface area contributed by atoms with E-state index in [1.807, 2.05) is 4.90 Å². The lowest BCUT2D eigenvalue weighted by atomic mass is 9.95. The highest BCUT2D eigenvalue weighted by molar-refractivity contribution is 5.82. The molecule has 1 saturated carbocycles. The van der Waals surface area contributed by atoms with Crippen molar-refractivity contribution in [1.82, 2.24) is 20.2 Å². The van der Waals surface area contributed by atoms with Crippen LogP contribution in [0.5, 0.6) is 0 Å². The molecule has 21 heavy (non-hydrogen) atoms. The molecule has 114 valence electrons. The first-order valence-electron chi connectivity index (χ1n) is 7.79. The van der Waals surface area contributed by atoms with E-state index in [9.17, 15) is 9.59 Å². The molecule has 1 aliphatic heterocycles. The van der Waals surface area contributed by atoms with Crippen LogP contribution in [0.25, 0.3) is 0 Å². The molecule has 1 aliphatic carbocycles. The minimum absolute atomic E-state index is 0.0462. The molecule has 0 spiro atoms. The Morgan fingerprint density at radius 2 is 2.00 bits per heavy atom. The summed E-state index contributed by atoms with van der Waals surface area (Å²) in [5.41, 5.74) is 0. The third-order valence-electron chi connectivity index (χ3n) is 4.32. The molecule has 1 aromatic rings. The van der Waals surface area contributed by atoms with E-state index in [0.717, 1.165) is 51.0 Å². The number of nitrogens with one attached hydrogen (secondary N) is 2. The average Bonchev–Trinajstić information content (AvgIpc) is 3.24. The Balaban J connectivity index is 1.37. The molecule has 6 nitrogen and oxygen atoms in total. The maximum Gasteiger partial charge on any atom is 0.225 e. The van der Waals surface area contributed by atoms with E-state index < -0.39 is 0 Å². The first kappa shape index (κ1) is 14.1. The molecule has 1 saturated heterocycles. The Labute approximate surface area is 124 Å². The summed E-state index contributed by atoms with van der Waals surface area (Å²) in [4.78, 5) is 33.1. The van der Waals surface area contributed by atoms with Crippen molar-refractivity contribution in [2.75, 3.05) is 19.6 Å². The molecule has 0 radical (unpaired) electrons. The van der Waals surface area contributed by atoms with Gasteiger partial charge < -0.3 is 15.2 Å². The molecule has 0 bridgehead atoms. The standard InChI is InChI=1S/C15H22N4O2/c20-14(18-6-3-13-16-7-8-17-13)11-4-9-19(10-5-11)15(21)12-1-2-12/h7-8,11-12H,1-6,9-10H2,(H,16,17)(H,18,20). The number of aromatic nitrogens is 2. The fraction of sp³-hybridized carbons (Fsp3) is 0.667. The molecule has 0 aromatic carbocycles. The number of aromatic amines is 1. The minimum atomic E-state index is 0.0462. The van der Waals surface area contributed by atoms with E-state index in [1.165, 1.54) is 0 Å². The van der Waals surface area contributed by atoms with Crippen molar-refractivity contribution in [3.63, 3.8) is 0 Å². The molecular formula is C15H22N4O2. The summed E-state index contributed by atoms with van der Waals surface area (Å²) in [6, 6.07) is 0. The van der Waals surface area contributed by atoms with Crippen LogP contribution in [0, 0.1) is 11.8 Å². The van der Waals surface area contributed by atoms with Crippen molar-refractivity contribution in [1.29, 1.82) is 0 Å². The van der Waals surface area contributed by atoms with Crippen LogP contribution in [0.1, 0.15) is 31.5 Å². The number of piperidine rings is 1. The number of amides is 2. The fourth-order valence-corrected chi connectivity index (χ4v) is 2.83. The van der Waals surface area contributed by atoms with Gasteiger partial charge in [-0.2, -0.15) is 0 Å². The Morgan fingerprint density at radius 1 is 1.24 bits per heavy atom. The van der Waals surface area contributed by atoms with Crippen LogP contribution in [-0.2, 0) is 16.0 Å². The normalized spacial score (nSPS) is 19.5. The first-order valence-corrected chi connectivity index (χ1v) is 7.79. The Bertz CT molecular complexity index is 488. The Morgan fingerprint density at radius 3 is 2.62 bits per heavy atom.